The van der Waals surface area contributed by atoms with Crippen LogP contribution in [0.3, 0.4) is 0 Å². The fourth-order valence-electron chi connectivity index (χ4n) is 2.74. The second-order valence-corrected chi connectivity index (χ2v) is 6.09. The summed E-state index contributed by atoms with van der Waals surface area (Å²) in [7, 11) is 0. The third-order valence-electron chi connectivity index (χ3n) is 4.15. The molecule has 1 amide bonds. The van der Waals surface area contributed by atoms with Crippen LogP contribution in [0, 0.1) is 11.6 Å². The molecule has 5 nitrogen and oxygen atoms in total. The quantitative estimate of drug-likeness (QED) is 0.561. The maximum Gasteiger partial charge on any atom is 0.270 e. The summed E-state index contributed by atoms with van der Waals surface area (Å²) >= 11 is 0. The summed E-state index contributed by atoms with van der Waals surface area (Å²) < 4.78 is 33.1. The maximum atomic E-state index is 13.3. The van der Waals surface area contributed by atoms with Gasteiger partial charge in [0, 0.05) is 12.6 Å². The molecule has 4 aromatic rings. The Balaban J connectivity index is 1.64. The molecule has 0 radical (unpaired) electrons. The van der Waals surface area contributed by atoms with Crippen molar-refractivity contribution >= 4 is 5.91 Å². The van der Waals surface area contributed by atoms with E-state index in [1.807, 2.05) is 0 Å². The second-order valence-electron chi connectivity index (χ2n) is 6.09. The summed E-state index contributed by atoms with van der Waals surface area (Å²) in [6.07, 6.45) is 1.51. The monoisotopic (exact) mass is 379 g/mol. The van der Waals surface area contributed by atoms with E-state index in [9.17, 15) is 13.6 Å². The van der Waals surface area contributed by atoms with E-state index in [-0.39, 0.29) is 29.8 Å². The number of carbonyl (C=O) groups excluding carboxylic acids is 1. The van der Waals surface area contributed by atoms with E-state index in [1.165, 1.54) is 47.3 Å². The molecule has 2 aromatic carbocycles. The lowest BCUT2D eigenvalue weighted by Crippen LogP contribution is -2.25. The van der Waals surface area contributed by atoms with Gasteiger partial charge in [-0.25, -0.2) is 13.5 Å². The van der Waals surface area contributed by atoms with Crippen molar-refractivity contribution in [2.24, 2.45) is 0 Å². The van der Waals surface area contributed by atoms with Gasteiger partial charge in [-0.15, -0.1) is 0 Å². The Labute approximate surface area is 159 Å². The van der Waals surface area contributed by atoms with Crippen LogP contribution in [0.25, 0.3) is 17.1 Å². The molecule has 0 unspecified atom stereocenters. The third-order valence-corrected chi connectivity index (χ3v) is 4.15. The first-order chi connectivity index (χ1) is 13.6. The summed E-state index contributed by atoms with van der Waals surface area (Å²) in [5.74, 6) is -0.593. The second kappa shape index (κ2) is 7.48. The van der Waals surface area contributed by atoms with Gasteiger partial charge in [0.15, 0.2) is 5.76 Å². The number of nitrogens with one attached hydrogen (secondary N) is 1. The molecule has 7 heteroatoms. The molecule has 0 aliphatic carbocycles. The zero-order valence-electron chi connectivity index (χ0n) is 14.6. The van der Waals surface area contributed by atoms with Crippen molar-refractivity contribution in [2.45, 2.75) is 6.54 Å². The Morgan fingerprint density at radius 2 is 1.68 bits per heavy atom. The predicted molar refractivity (Wildman–Crippen MR) is 98.8 cm³/mol. The summed E-state index contributed by atoms with van der Waals surface area (Å²) in [6.45, 7) is 0.226. The summed E-state index contributed by atoms with van der Waals surface area (Å²) in [5.41, 5.74) is 2.03. The van der Waals surface area contributed by atoms with Gasteiger partial charge in [-0.2, -0.15) is 5.10 Å². The van der Waals surface area contributed by atoms with E-state index >= 15 is 0 Å². The minimum absolute atomic E-state index is 0.226. The third kappa shape index (κ3) is 3.68. The van der Waals surface area contributed by atoms with Gasteiger partial charge in [0.25, 0.3) is 5.91 Å². The van der Waals surface area contributed by atoms with Crippen LogP contribution in [-0.2, 0) is 6.54 Å². The number of hydrogen-bond donors (Lipinski definition) is 1. The summed E-state index contributed by atoms with van der Waals surface area (Å²) in [5, 5.41) is 7.22. The van der Waals surface area contributed by atoms with Crippen LogP contribution < -0.4 is 5.32 Å². The molecule has 2 heterocycles. The highest BCUT2D eigenvalue weighted by molar-refractivity contribution is 5.94. The molecule has 0 aliphatic rings. The molecule has 140 valence electrons. The largest absolute Gasteiger partial charge is 0.463 e. The predicted octanol–water partition coefficient (Wildman–Crippen LogP) is 4.34. The van der Waals surface area contributed by atoms with Gasteiger partial charge in [-0.3, -0.25) is 4.79 Å². The molecule has 0 saturated carbocycles. The highest BCUT2D eigenvalue weighted by Gasteiger charge is 2.18. The Morgan fingerprint density at radius 3 is 2.32 bits per heavy atom. The average Bonchev–Trinajstić information content (AvgIpc) is 3.38. The van der Waals surface area contributed by atoms with Crippen LogP contribution in [0.15, 0.2) is 77.4 Å². The van der Waals surface area contributed by atoms with Crippen molar-refractivity contribution in [2.75, 3.05) is 0 Å². The Morgan fingerprint density at radius 1 is 1.00 bits per heavy atom. The highest BCUT2D eigenvalue weighted by Crippen LogP contribution is 2.22. The van der Waals surface area contributed by atoms with E-state index in [4.69, 9.17) is 4.42 Å². The number of amides is 1. The Bertz CT molecular complexity index is 1090. The van der Waals surface area contributed by atoms with Gasteiger partial charge in [0.05, 0.1) is 12.0 Å². The molecule has 28 heavy (non-hydrogen) atoms. The number of furan rings is 1. The summed E-state index contributed by atoms with van der Waals surface area (Å²) in [6, 6.07) is 16.6. The molecule has 0 saturated heterocycles. The lowest BCUT2D eigenvalue weighted by atomic mass is 10.2. The van der Waals surface area contributed by atoms with Crippen LogP contribution in [0.1, 0.15) is 16.1 Å². The molecular formula is C21H15F2N3O2. The SMILES string of the molecule is O=C(NCc1ccc(F)cc1)c1cc(-c2ccco2)nn1-c1ccc(F)cc1. The number of carbonyl (C=O) groups is 1. The average molecular weight is 379 g/mol. The van der Waals surface area contributed by atoms with Gasteiger partial charge in [-0.1, -0.05) is 12.1 Å². The molecular weight excluding hydrogens is 364 g/mol. The minimum Gasteiger partial charge on any atom is -0.463 e. The Kier molecular flexibility index (Phi) is 4.72. The van der Waals surface area contributed by atoms with E-state index in [0.29, 0.717) is 17.1 Å². The molecule has 0 aliphatic heterocycles. The van der Waals surface area contributed by atoms with Gasteiger partial charge < -0.3 is 9.73 Å². The molecule has 1 N–H and O–H groups in total. The van der Waals surface area contributed by atoms with Crippen LogP contribution in [-0.4, -0.2) is 15.7 Å². The van der Waals surface area contributed by atoms with Crippen molar-refractivity contribution in [1.82, 2.24) is 15.1 Å². The fourth-order valence-corrected chi connectivity index (χ4v) is 2.74. The summed E-state index contributed by atoms with van der Waals surface area (Å²) in [4.78, 5) is 12.8. The molecule has 4 rings (SSSR count). The van der Waals surface area contributed by atoms with Gasteiger partial charge in [-0.05, 0) is 54.1 Å². The van der Waals surface area contributed by atoms with E-state index in [2.05, 4.69) is 10.4 Å². The molecule has 0 fully saturated rings. The van der Waals surface area contributed by atoms with Gasteiger partial charge in [0.1, 0.15) is 23.0 Å². The first-order valence-corrected chi connectivity index (χ1v) is 8.53. The van der Waals surface area contributed by atoms with Crippen LogP contribution >= 0.6 is 0 Å². The van der Waals surface area contributed by atoms with Crippen LogP contribution in [0.4, 0.5) is 8.78 Å². The van der Waals surface area contributed by atoms with Crippen molar-refractivity contribution in [3.05, 3.63) is 95.9 Å². The van der Waals surface area contributed by atoms with Gasteiger partial charge in [0.2, 0.25) is 0 Å². The first kappa shape index (κ1) is 17.7. The highest BCUT2D eigenvalue weighted by atomic mass is 19.1. The number of halogens is 2. The van der Waals surface area contributed by atoms with Crippen molar-refractivity contribution in [1.29, 1.82) is 0 Å². The standard InChI is InChI=1S/C21H15F2N3O2/c22-15-5-3-14(4-6-15)13-24-21(27)19-12-18(20-2-1-11-28-20)25-26(19)17-9-7-16(23)8-10-17/h1-12H,13H2,(H,24,27). The molecule has 0 atom stereocenters. The first-order valence-electron chi connectivity index (χ1n) is 8.53. The number of aromatic nitrogens is 2. The number of nitrogens with zero attached hydrogens (tertiary/aromatic N) is 2. The van der Waals surface area contributed by atoms with E-state index in [1.54, 1.807) is 30.3 Å². The zero-order chi connectivity index (χ0) is 19.5. The maximum absolute atomic E-state index is 13.3. The Hall–Kier alpha value is -3.74. The topological polar surface area (TPSA) is 60.1 Å². The lowest BCUT2D eigenvalue weighted by molar-refractivity contribution is 0.0943. The van der Waals surface area contributed by atoms with E-state index in [0.717, 1.165) is 5.56 Å². The molecule has 0 bridgehead atoms. The smallest absolute Gasteiger partial charge is 0.270 e. The fraction of sp³-hybridized carbons (Fsp3) is 0.0476. The molecule has 0 spiro atoms. The van der Waals surface area contributed by atoms with Crippen molar-refractivity contribution < 1.29 is 18.0 Å². The number of hydrogen-bond acceptors (Lipinski definition) is 3. The van der Waals surface area contributed by atoms with Crippen molar-refractivity contribution in [3.8, 4) is 17.1 Å². The zero-order valence-corrected chi connectivity index (χ0v) is 14.6. The normalized spacial score (nSPS) is 10.8. The van der Waals surface area contributed by atoms with Crippen LogP contribution in [0.5, 0.6) is 0 Å². The van der Waals surface area contributed by atoms with Crippen molar-refractivity contribution in [3.63, 3.8) is 0 Å². The number of rotatable bonds is 5. The van der Waals surface area contributed by atoms with Crippen LogP contribution in [0.2, 0.25) is 0 Å². The van der Waals surface area contributed by atoms with E-state index < -0.39 is 0 Å². The van der Waals surface area contributed by atoms with Gasteiger partial charge >= 0.3 is 0 Å². The number of benzene rings is 2. The molecule has 2 aromatic heterocycles. The minimum atomic E-state index is -0.385. The lowest BCUT2D eigenvalue weighted by Gasteiger charge is -2.08.